The molecule has 21 heavy (non-hydrogen) atoms. The van der Waals surface area contributed by atoms with E-state index in [1.54, 1.807) is 0 Å². The first kappa shape index (κ1) is 18.9. The van der Waals surface area contributed by atoms with Crippen molar-refractivity contribution in [3.8, 4) is 0 Å². The zero-order valence-corrected chi connectivity index (χ0v) is 15.7. The van der Waals surface area contributed by atoms with Crippen molar-refractivity contribution in [2.45, 2.75) is 47.1 Å². The monoisotopic (exact) mass is 356 g/mol. The van der Waals surface area contributed by atoms with Crippen LogP contribution in [0.1, 0.15) is 6.42 Å². The number of alkyl halides is 2. The third kappa shape index (κ3) is 2.55. The van der Waals surface area contributed by atoms with Crippen molar-refractivity contribution < 1.29 is 23.8 Å². The van der Waals surface area contributed by atoms with Crippen molar-refractivity contribution in [3.05, 3.63) is 0 Å². The second kappa shape index (κ2) is 5.81. The molecule has 0 aromatic rings. The van der Waals surface area contributed by atoms with E-state index in [2.05, 4.69) is 0 Å². The van der Waals surface area contributed by atoms with E-state index in [1.165, 1.54) is 21.3 Å². The molecule has 3 atom stereocenters. The van der Waals surface area contributed by atoms with E-state index in [0.717, 1.165) is 0 Å². The zero-order valence-electron chi connectivity index (χ0n) is 13.2. The van der Waals surface area contributed by atoms with Crippen LogP contribution in [-0.4, -0.2) is 57.2 Å². The maximum Gasteiger partial charge on any atom is 0.332 e. The summed E-state index contributed by atoms with van der Waals surface area (Å²) < 4.78 is 15.7. The predicted octanol–water partition coefficient (Wildman–Crippen LogP) is 2.41. The van der Waals surface area contributed by atoms with Crippen molar-refractivity contribution in [1.82, 2.24) is 0 Å². The minimum absolute atomic E-state index is 0.0222. The molecule has 1 fully saturated rings. The Hall–Kier alpha value is -0.143. The number of carbonyl (C=O) groups is 2. The van der Waals surface area contributed by atoms with Crippen molar-refractivity contribution in [2.24, 2.45) is 0 Å². The molecule has 122 valence electrons. The number of rotatable bonds is 5. The molecule has 1 aliphatic carbocycles. The summed E-state index contributed by atoms with van der Waals surface area (Å²) in [4.78, 5) is 21.1. The van der Waals surface area contributed by atoms with Gasteiger partial charge in [-0.2, -0.15) is 0 Å². The number of hydrogen-bond donors (Lipinski definition) is 0. The summed E-state index contributed by atoms with van der Waals surface area (Å²) in [6, 6.07) is 0. The molecule has 1 aliphatic rings. The fourth-order valence-corrected chi connectivity index (χ4v) is 9.50. The van der Waals surface area contributed by atoms with Crippen LogP contribution < -0.4 is 0 Å². The largest absolute Gasteiger partial charge is 0.468 e. The van der Waals surface area contributed by atoms with Gasteiger partial charge in [-0.15, -0.1) is 23.2 Å². The molecule has 0 aromatic heterocycles. The van der Waals surface area contributed by atoms with Gasteiger partial charge in [-0.1, -0.05) is 19.6 Å². The van der Waals surface area contributed by atoms with Crippen LogP contribution in [0.2, 0.25) is 25.2 Å². The standard InChI is InChI=1S/C13H22Cl2O5Si/c1-18-10(17)13(15)9(21(4,5)6)11(14,8-16)7-12(13,19-2)20-3/h8-9H,7H2,1-6H3/t9-,11-,13-/m0/s1. The molecule has 0 aromatic carbocycles. The number of halogens is 2. The molecule has 1 saturated carbocycles. The Morgan fingerprint density at radius 2 is 1.67 bits per heavy atom. The van der Waals surface area contributed by atoms with Gasteiger partial charge in [-0.25, -0.2) is 4.79 Å². The number of aldehydes is 1. The Balaban J connectivity index is 3.68. The number of carbonyl (C=O) groups excluding carboxylic acids is 2. The second-order valence-corrected chi connectivity index (χ2v) is 13.0. The van der Waals surface area contributed by atoms with E-state index in [0.29, 0.717) is 6.29 Å². The van der Waals surface area contributed by atoms with Crippen LogP contribution in [-0.2, 0) is 23.8 Å². The summed E-state index contributed by atoms with van der Waals surface area (Å²) in [7, 11) is 1.81. The van der Waals surface area contributed by atoms with Gasteiger partial charge in [-0.3, -0.25) is 0 Å². The van der Waals surface area contributed by atoms with Crippen molar-refractivity contribution >= 4 is 43.5 Å². The van der Waals surface area contributed by atoms with Gasteiger partial charge < -0.3 is 19.0 Å². The molecule has 0 heterocycles. The lowest BCUT2D eigenvalue weighted by Gasteiger charge is -2.43. The van der Waals surface area contributed by atoms with E-state index < -0.39 is 35.1 Å². The lowest BCUT2D eigenvalue weighted by molar-refractivity contribution is -0.224. The van der Waals surface area contributed by atoms with Crippen molar-refractivity contribution in [3.63, 3.8) is 0 Å². The fraction of sp³-hybridized carbons (Fsp3) is 0.846. The average Bonchev–Trinajstić information content (AvgIpc) is 2.63. The summed E-state index contributed by atoms with van der Waals surface area (Å²) in [6.07, 6.45) is 0.614. The Kier molecular flexibility index (Phi) is 5.23. The molecular weight excluding hydrogens is 335 g/mol. The third-order valence-corrected chi connectivity index (χ3v) is 8.29. The number of ether oxygens (including phenoxy) is 3. The van der Waals surface area contributed by atoms with E-state index in [-0.39, 0.29) is 6.42 Å². The van der Waals surface area contributed by atoms with E-state index in [9.17, 15) is 9.59 Å². The van der Waals surface area contributed by atoms with Gasteiger partial charge in [0.05, 0.1) is 15.2 Å². The van der Waals surface area contributed by atoms with E-state index in [4.69, 9.17) is 37.4 Å². The molecule has 0 bridgehead atoms. The first-order chi connectivity index (χ1) is 9.49. The molecule has 8 heteroatoms. The van der Waals surface area contributed by atoms with Crippen LogP contribution >= 0.6 is 23.2 Å². The van der Waals surface area contributed by atoms with Crippen LogP contribution in [0, 0.1) is 0 Å². The van der Waals surface area contributed by atoms with Crippen LogP contribution in [0.15, 0.2) is 0 Å². The summed E-state index contributed by atoms with van der Waals surface area (Å²) in [5, 5.41) is 0. The molecule has 5 nitrogen and oxygen atoms in total. The van der Waals surface area contributed by atoms with E-state index >= 15 is 0 Å². The molecule has 0 spiro atoms. The zero-order chi connectivity index (χ0) is 16.7. The first-order valence-electron chi connectivity index (χ1n) is 6.52. The summed E-state index contributed by atoms with van der Waals surface area (Å²) in [5.74, 6) is -2.22. The average molecular weight is 357 g/mol. The smallest absolute Gasteiger partial charge is 0.332 e. The van der Waals surface area contributed by atoms with Gasteiger partial charge in [0, 0.05) is 26.2 Å². The summed E-state index contributed by atoms with van der Waals surface area (Å²) in [5.41, 5.74) is -0.620. The maximum absolute atomic E-state index is 12.5. The Labute approximate surface area is 136 Å². The molecule has 0 radical (unpaired) electrons. The Morgan fingerprint density at radius 1 is 1.19 bits per heavy atom. The topological polar surface area (TPSA) is 61.8 Å². The summed E-state index contributed by atoms with van der Waals surface area (Å²) >= 11 is 13.3. The SMILES string of the molecule is COC(=O)[C@@]1(Cl)[C@@H]([Si](C)(C)C)[C@@](Cl)(C=O)CC1(OC)OC. The lowest BCUT2D eigenvalue weighted by atomic mass is 10.00. The molecule has 1 rings (SSSR count). The van der Waals surface area contributed by atoms with Gasteiger partial charge in [-0.05, 0) is 0 Å². The van der Waals surface area contributed by atoms with Crippen molar-refractivity contribution in [1.29, 1.82) is 0 Å². The van der Waals surface area contributed by atoms with Gasteiger partial charge >= 0.3 is 5.97 Å². The minimum Gasteiger partial charge on any atom is -0.468 e. The molecule has 0 N–H and O–H groups in total. The van der Waals surface area contributed by atoms with Crippen LogP contribution in [0.5, 0.6) is 0 Å². The van der Waals surface area contributed by atoms with Gasteiger partial charge in [0.1, 0.15) is 11.2 Å². The van der Waals surface area contributed by atoms with Crippen LogP contribution in [0.4, 0.5) is 0 Å². The molecule has 0 saturated heterocycles. The molecule has 0 aliphatic heterocycles. The maximum atomic E-state index is 12.5. The quantitative estimate of drug-likeness (QED) is 0.249. The first-order valence-corrected chi connectivity index (χ1v) is 10.8. The molecule has 0 amide bonds. The van der Waals surface area contributed by atoms with Crippen molar-refractivity contribution in [2.75, 3.05) is 21.3 Å². The molecular formula is C13H22Cl2O5Si. The number of hydrogen-bond acceptors (Lipinski definition) is 5. The van der Waals surface area contributed by atoms with Crippen LogP contribution in [0.25, 0.3) is 0 Å². The summed E-state index contributed by atoms with van der Waals surface area (Å²) in [6.45, 7) is 5.96. The van der Waals surface area contributed by atoms with E-state index in [1.807, 2.05) is 19.6 Å². The minimum atomic E-state index is -2.17. The van der Waals surface area contributed by atoms with Gasteiger partial charge in [0.25, 0.3) is 0 Å². The van der Waals surface area contributed by atoms with Crippen LogP contribution in [0.3, 0.4) is 0 Å². The Morgan fingerprint density at radius 3 is 1.95 bits per heavy atom. The highest BCUT2D eigenvalue weighted by molar-refractivity contribution is 6.81. The molecule has 0 unspecified atom stereocenters. The highest BCUT2D eigenvalue weighted by Crippen LogP contribution is 2.64. The predicted molar refractivity (Wildman–Crippen MR) is 83.7 cm³/mol. The lowest BCUT2D eigenvalue weighted by Crippen LogP contribution is -2.60. The number of methoxy groups -OCH3 is 3. The second-order valence-electron chi connectivity index (χ2n) is 6.38. The third-order valence-electron chi connectivity index (χ3n) is 4.14. The van der Waals surface area contributed by atoms with Gasteiger partial charge in [0.15, 0.2) is 10.7 Å². The highest BCUT2D eigenvalue weighted by atomic mass is 35.5. The normalized spacial score (nSPS) is 35.5. The highest BCUT2D eigenvalue weighted by Gasteiger charge is 2.77. The Bertz CT molecular complexity index is 435. The van der Waals surface area contributed by atoms with Gasteiger partial charge in [0.2, 0.25) is 0 Å². The number of esters is 1. The fourth-order valence-electron chi connectivity index (χ4n) is 3.51.